The zero-order chi connectivity index (χ0) is 19.5. The number of ether oxygens (including phenoxy) is 1. The molecule has 2 N–H and O–H groups in total. The molecule has 1 atom stereocenters. The predicted octanol–water partition coefficient (Wildman–Crippen LogP) is 3.85. The minimum Gasteiger partial charge on any atom is -0.482 e. The smallest absolute Gasteiger partial charge is 0.262 e. The van der Waals surface area contributed by atoms with Gasteiger partial charge in [0.15, 0.2) is 6.61 Å². The van der Waals surface area contributed by atoms with Crippen LogP contribution in [0.25, 0.3) is 0 Å². The van der Waals surface area contributed by atoms with E-state index in [9.17, 15) is 9.59 Å². The highest BCUT2D eigenvalue weighted by atomic mass is 16.5. The van der Waals surface area contributed by atoms with Crippen LogP contribution in [0.4, 0.5) is 5.69 Å². The van der Waals surface area contributed by atoms with E-state index in [2.05, 4.69) is 10.6 Å². The van der Waals surface area contributed by atoms with E-state index in [0.717, 1.165) is 16.7 Å². The summed E-state index contributed by atoms with van der Waals surface area (Å²) in [5.74, 6) is 0.0878. The van der Waals surface area contributed by atoms with E-state index in [1.807, 2.05) is 61.5 Å². The second kappa shape index (κ2) is 7.56. The predicted molar refractivity (Wildman–Crippen MR) is 107 cm³/mol. The van der Waals surface area contributed by atoms with Gasteiger partial charge in [0.1, 0.15) is 5.75 Å². The Kier molecular flexibility index (Phi) is 4.81. The Morgan fingerprint density at radius 3 is 2.46 bits per heavy atom. The highest BCUT2D eigenvalue weighted by Crippen LogP contribution is 2.29. The molecule has 140 valence electrons. The van der Waals surface area contributed by atoms with Crippen molar-refractivity contribution in [3.63, 3.8) is 0 Å². The van der Waals surface area contributed by atoms with Crippen molar-refractivity contribution in [2.24, 2.45) is 0 Å². The summed E-state index contributed by atoms with van der Waals surface area (Å²) in [4.78, 5) is 24.4. The van der Waals surface area contributed by atoms with Crippen LogP contribution in [0.3, 0.4) is 0 Å². The van der Waals surface area contributed by atoms with Gasteiger partial charge in [-0.05, 0) is 36.2 Å². The molecule has 1 heterocycles. The number of rotatable bonds is 4. The Hall–Kier alpha value is -3.60. The molecule has 0 aromatic heterocycles. The third-order valence-electron chi connectivity index (χ3n) is 4.70. The van der Waals surface area contributed by atoms with Crippen molar-refractivity contribution in [2.45, 2.75) is 13.0 Å². The second-order valence-corrected chi connectivity index (χ2v) is 6.78. The molecular weight excluding hydrogens is 352 g/mol. The number of nitrogens with one attached hydrogen (secondary N) is 2. The average molecular weight is 372 g/mol. The van der Waals surface area contributed by atoms with Crippen LogP contribution in [0, 0.1) is 6.92 Å². The Bertz CT molecular complexity index is 1010. The fraction of sp³-hybridized carbons (Fsp3) is 0.130. The van der Waals surface area contributed by atoms with Crippen LogP contribution < -0.4 is 15.4 Å². The first kappa shape index (κ1) is 17.8. The summed E-state index contributed by atoms with van der Waals surface area (Å²) in [5, 5.41) is 5.85. The zero-order valence-electron chi connectivity index (χ0n) is 15.4. The molecule has 0 spiro atoms. The second-order valence-electron chi connectivity index (χ2n) is 6.78. The highest BCUT2D eigenvalue weighted by Gasteiger charge is 2.21. The Balaban J connectivity index is 1.62. The first-order valence-corrected chi connectivity index (χ1v) is 9.09. The van der Waals surface area contributed by atoms with Crippen LogP contribution in [0.15, 0.2) is 72.8 Å². The number of hydrogen-bond donors (Lipinski definition) is 2. The Morgan fingerprint density at radius 2 is 1.71 bits per heavy atom. The fourth-order valence-corrected chi connectivity index (χ4v) is 3.19. The van der Waals surface area contributed by atoms with Crippen molar-refractivity contribution in [2.75, 3.05) is 11.9 Å². The average Bonchev–Trinajstić information content (AvgIpc) is 2.73. The summed E-state index contributed by atoms with van der Waals surface area (Å²) >= 11 is 0. The van der Waals surface area contributed by atoms with Crippen LogP contribution in [-0.2, 0) is 4.79 Å². The molecule has 0 bridgehead atoms. The fourth-order valence-electron chi connectivity index (χ4n) is 3.19. The molecular formula is C23H20N2O3. The molecule has 4 rings (SSSR count). The van der Waals surface area contributed by atoms with E-state index in [1.54, 1.807) is 18.2 Å². The van der Waals surface area contributed by atoms with Gasteiger partial charge in [0.2, 0.25) is 0 Å². The maximum Gasteiger partial charge on any atom is 0.262 e. The van der Waals surface area contributed by atoms with Crippen molar-refractivity contribution < 1.29 is 14.3 Å². The summed E-state index contributed by atoms with van der Waals surface area (Å²) in [6.45, 7) is 1.99. The van der Waals surface area contributed by atoms with Crippen LogP contribution in [0.2, 0.25) is 0 Å². The molecule has 0 radical (unpaired) electrons. The summed E-state index contributed by atoms with van der Waals surface area (Å²) in [7, 11) is 0. The molecule has 0 saturated carbocycles. The quantitative estimate of drug-likeness (QED) is 0.731. The number of fused-ring (bicyclic) bond motifs is 1. The van der Waals surface area contributed by atoms with Crippen LogP contribution in [-0.4, -0.2) is 18.4 Å². The van der Waals surface area contributed by atoms with Gasteiger partial charge >= 0.3 is 0 Å². The van der Waals surface area contributed by atoms with Crippen LogP contribution in [0.1, 0.15) is 33.1 Å². The molecule has 5 nitrogen and oxygen atoms in total. The van der Waals surface area contributed by atoms with Crippen molar-refractivity contribution >= 4 is 17.5 Å². The number of benzene rings is 3. The lowest BCUT2D eigenvalue weighted by atomic mass is 9.97. The number of anilines is 1. The monoisotopic (exact) mass is 372 g/mol. The molecule has 0 saturated heterocycles. The normalized spacial score (nSPS) is 13.7. The lowest BCUT2D eigenvalue weighted by Gasteiger charge is -2.21. The topological polar surface area (TPSA) is 67.4 Å². The minimum atomic E-state index is -0.272. The van der Waals surface area contributed by atoms with E-state index in [0.29, 0.717) is 17.0 Å². The van der Waals surface area contributed by atoms with Crippen molar-refractivity contribution in [3.8, 4) is 5.75 Å². The zero-order valence-corrected chi connectivity index (χ0v) is 15.4. The minimum absolute atomic E-state index is 0.0475. The van der Waals surface area contributed by atoms with Crippen molar-refractivity contribution in [3.05, 3.63) is 95.1 Å². The summed E-state index contributed by atoms with van der Waals surface area (Å²) in [5.41, 5.74) is 4.22. The van der Waals surface area contributed by atoms with E-state index in [4.69, 9.17) is 4.74 Å². The Morgan fingerprint density at radius 1 is 1.00 bits per heavy atom. The van der Waals surface area contributed by atoms with E-state index in [-0.39, 0.29) is 24.5 Å². The molecule has 0 fully saturated rings. The molecule has 0 aliphatic carbocycles. The maximum atomic E-state index is 13.0. The molecule has 5 heteroatoms. The lowest BCUT2D eigenvalue weighted by Crippen LogP contribution is -2.30. The van der Waals surface area contributed by atoms with Gasteiger partial charge in [0.25, 0.3) is 11.8 Å². The number of amides is 2. The number of aryl methyl sites for hydroxylation is 1. The maximum absolute atomic E-state index is 13.0. The van der Waals surface area contributed by atoms with E-state index >= 15 is 0 Å². The first-order chi connectivity index (χ1) is 13.6. The molecule has 1 aliphatic heterocycles. The third kappa shape index (κ3) is 3.74. The lowest BCUT2D eigenvalue weighted by molar-refractivity contribution is -0.118. The van der Waals surface area contributed by atoms with Crippen LogP contribution >= 0.6 is 0 Å². The molecule has 3 aromatic rings. The molecule has 3 aromatic carbocycles. The molecule has 28 heavy (non-hydrogen) atoms. The summed E-state index contributed by atoms with van der Waals surface area (Å²) in [6, 6.07) is 22.7. The number of carbonyl (C=O) groups excluding carboxylic acids is 2. The molecule has 1 aliphatic rings. The van der Waals surface area contributed by atoms with Gasteiger partial charge in [-0.2, -0.15) is 0 Å². The van der Waals surface area contributed by atoms with Gasteiger partial charge in [-0.1, -0.05) is 60.2 Å². The van der Waals surface area contributed by atoms with Crippen molar-refractivity contribution in [1.82, 2.24) is 5.32 Å². The standard InChI is InChI=1S/C23H20N2O3/c1-15-7-9-17(10-8-15)22(16-5-3-2-4-6-16)25-23(27)18-11-12-19-20(13-18)28-14-21(26)24-19/h2-13,22H,14H2,1H3,(H,24,26)(H,25,27). The van der Waals surface area contributed by atoms with E-state index < -0.39 is 0 Å². The third-order valence-corrected chi connectivity index (χ3v) is 4.70. The first-order valence-electron chi connectivity index (χ1n) is 9.09. The van der Waals surface area contributed by atoms with Gasteiger partial charge < -0.3 is 15.4 Å². The highest BCUT2D eigenvalue weighted by molar-refractivity contribution is 5.99. The molecule has 1 unspecified atom stereocenters. The SMILES string of the molecule is Cc1ccc(C(NC(=O)c2ccc3c(c2)OCC(=O)N3)c2ccccc2)cc1. The largest absolute Gasteiger partial charge is 0.482 e. The number of hydrogen-bond acceptors (Lipinski definition) is 3. The van der Waals surface area contributed by atoms with Gasteiger partial charge in [0.05, 0.1) is 11.7 Å². The van der Waals surface area contributed by atoms with Crippen molar-refractivity contribution in [1.29, 1.82) is 0 Å². The van der Waals surface area contributed by atoms with E-state index in [1.165, 1.54) is 0 Å². The molecule has 2 amide bonds. The van der Waals surface area contributed by atoms with Gasteiger partial charge in [0, 0.05) is 5.56 Å². The summed E-state index contributed by atoms with van der Waals surface area (Å²) < 4.78 is 5.42. The van der Waals surface area contributed by atoms with Gasteiger partial charge in [-0.15, -0.1) is 0 Å². The van der Waals surface area contributed by atoms with Crippen LogP contribution in [0.5, 0.6) is 5.75 Å². The van der Waals surface area contributed by atoms with Gasteiger partial charge in [-0.3, -0.25) is 9.59 Å². The summed E-state index contributed by atoms with van der Waals surface area (Å²) in [6.07, 6.45) is 0. The number of carbonyl (C=O) groups is 2. The van der Waals surface area contributed by atoms with Gasteiger partial charge in [-0.25, -0.2) is 0 Å². The Labute approximate surface area is 163 Å².